The number of phenols is 1. The van der Waals surface area contributed by atoms with E-state index in [1.807, 2.05) is 6.20 Å². The number of carbonyl (C=O) groups excluding carboxylic acids is 1. The normalized spacial score (nSPS) is 16.0. The van der Waals surface area contributed by atoms with Gasteiger partial charge in [0.1, 0.15) is 11.6 Å². The lowest BCUT2D eigenvalue weighted by atomic mass is 9.93. The number of piperidine rings is 1. The summed E-state index contributed by atoms with van der Waals surface area (Å²) in [6, 6.07) is 4.46. The van der Waals surface area contributed by atoms with E-state index >= 15 is 0 Å². The molecule has 1 aliphatic rings. The van der Waals surface area contributed by atoms with Crippen molar-refractivity contribution in [2.24, 2.45) is 5.92 Å². The summed E-state index contributed by atoms with van der Waals surface area (Å²) in [5.74, 6) is 1.48. The molecule has 1 amide bonds. The molecule has 0 unspecified atom stereocenters. The number of aromatic amines is 1. The van der Waals surface area contributed by atoms with Gasteiger partial charge in [-0.25, -0.2) is 4.98 Å². The molecule has 2 heterocycles. The number of aromatic hydroxyl groups is 1. The number of nitrogens with one attached hydrogen (secondary N) is 1. The van der Waals surface area contributed by atoms with Crippen molar-refractivity contribution in [3.05, 3.63) is 47.0 Å². The summed E-state index contributed by atoms with van der Waals surface area (Å²) in [5, 5.41) is 9.91. The van der Waals surface area contributed by atoms with E-state index in [-0.39, 0.29) is 11.7 Å². The minimum absolute atomic E-state index is 0.0560. The third-order valence-electron chi connectivity index (χ3n) is 4.12. The van der Waals surface area contributed by atoms with Crippen LogP contribution < -0.4 is 0 Å². The number of hydrogen-bond acceptors (Lipinski definition) is 3. The van der Waals surface area contributed by atoms with Crippen molar-refractivity contribution < 1.29 is 9.90 Å². The number of amides is 1. The number of phenolic OH excluding ortho intramolecular Hbond substituents is 1. The highest BCUT2D eigenvalue weighted by molar-refractivity contribution is 6.33. The molecule has 0 atom stereocenters. The molecule has 1 saturated heterocycles. The average Bonchev–Trinajstić information content (AvgIpc) is 3.03. The zero-order valence-electron chi connectivity index (χ0n) is 12.1. The predicted molar refractivity (Wildman–Crippen MR) is 84.0 cm³/mol. The number of rotatable bonds is 3. The van der Waals surface area contributed by atoms with Crippen LogP contribution in [-0.4, -0.2) is 39.0 Å². The molecular formula is C16H18ClN3O2. The van der Waals surface area contributed by atoms with Crippen molar-refractivity contribution in [2.75, 3.05) is 13.1 Å². The van der Waals surface area contributed by atoms with E-state index in [4.69, 9.17) is 11.6 Å². The van der Waals surface area contributed by atoms with Crippen molar-refractivity contribution in [3.8, 4) is 5.75 Å². The fraction of sp³-hybridized carbons (Fsp3) is 0.375. The van der Waals surface area contributed by atoms with E-state index in [0.29, 0.717) is 29.6 Å². The lowest BCUT2D eigenvalue weighted by molar-refractivity contribution is 0.0689. The number of hydrogen-bond donors (Lipinski definition) is 2. The molecule has 5 nitrogen and oxygen atoms in total. The first kappa shape index (κ1) is 14.9. The summed E-state index contributed by atoms with van der Waals surface area (Å²) in [7, 11) is 0. The second kappa shape index (κ2) is 6.40. The van der Waals surface area contributed by atoms with Gasteiger partial charge >= 0.3 is 0 Å². The molecule has 2 aromatic rings. The minimum Gasteiger partial charge on any atom is -0.508 e. The molecule has 0 saturated carbocycles. The van der Waals surface area contributed by atoms with Crippen LogP contribution in [0.25, 0.3) is 0 Å². The quantitative estimate of drug-likeness (QED) is 0.914. The van der Waals surface area contributed by atoms with Crippen molar-refractivity contribution in [1.29, 1.82) is 0 Å². The van der Waals surface area contributed by atoms with Gasteiger partial charge in [0.05, 0.1) is 10.6 Å². The molecule has 22 heavy (non-hydrogen) atoms. The first-order valence-corrected chi connectivity index (χ1v) is 7.77. The summed E-state index contributed by atoms with van der Waals surface area (Å²) in [4.78, 5) is 21.7. The molecule has 1 aromatic heterocycles. The molecule has 3 rings (SSSR count). The Hall–Kier alpha value is -2.01. The second-order valence-electron chi connectivity index (χ2n) is 5.64. The highest BCUT2D eigenvalue weighted by Gasteiger charge is 2.25. The van der Waals surface area contributed by atoms with Gasteiger partial charge in [0, 0.05) is 31.9 Å². The van der Waals surface area contributed by atoms with Gasteiger partial charge in [0.15, 0.2) is 0 Å². The minimum atomic E-state index is -0.114. The molecule has 0 radical (unpaired) electrons. The van der Waals surface area contributed by atoms with E-state index in [0.717, 1.165) is 25.1 Å². The van der Waals surface area contributed by atoms with Crippen LogP contribution >= 0.6 is 11.6 Å². The lowest BCUT2D eigenvalue weighted by Crippen LogP contribution is -2.39. The molecule has 0 spiro atoms. The summed E-state index contributed by atoms with van der Waals surface area (Å²) in [5.41, 5.74) is 0.367. The van der Waals surface area contributed by atoms with Gasteiger partial charge in [-0.05, 0) is 37.0 Å². The Morgan fingerprint density at radius 2 is 2.18 bits per heavy atom. The fourth-order valence-electron chi connectivity index (χ4n) is 2.87. The third kappa shape index (κ3) is 3.25. The van der Waals surface area contributed by atoms with E-state index in [1.54, 1.807) is 17.2 Å². The molecule has 1 fully saturated rings. The van der Waals surface area contributed by atoms with Crippen molar-refractivity contribution >= 4 is 17.5 Å². The molecule has 0 aliphatic carbocycles. The van der Waals surface area contributed by atoms with Crippen LogP contribution in [0.15, 0.2) is 30.6 Å². The largest absolute Gasteiger partial charge is 0.508 e. The van der Waals surface area contributed by atoms with E-state index in [1.165, 1.54) is 12.1 Å². The average molecular weight is 320 g/mol. The van der Waals surface area contributed by atoms with Crippen LogP contribution in [0.4, 0.5) is 0 Å². The van der Waals surface area contributed by atoms with Gasteiger partial charge in [-0.15, -0.1) is 0 Å². The summed E-state index contributed by atoms with van der Waals surface area (Å²) in [6.07, 6.45) is 6.41. The smallest absolute Gasteiger partial charge is 0.255 e. The van der Waals surface area contributed by atoms with Crippen LogP contribution in [0, 0.1) is 5.92 Å². The van der Waals surface area contributed by atoms with Gasteiger partial charge in [-0.2, -0.15) is 0 Å². The number of benzene rings is 1. The Kier molecular flexibility index (Phi) is 4.34. The van der Waals surface area contributed by atoms with Crippen LogP contribution in [0.5, 0.6) is 5.75 Å². The zero-order valence-corrected chi connectivity index (χ0v) is 12.9. The third-order valence-corrected chi connectivity index (χ3v) is 4.45. The molecule has 1 aromatic carbocycles. The Balaban J connectivity index is 1.61. The maximum atomic E-state index is 12.5. The van der Waals surface area contributed by atoms with E-state index in [9.17, 15) is 9.90 Å². The highest BCUT2D eigenvalue weighted by atomic mass is 35.5. The van der Waals surface area contributed by atoms with Crippen molar-refractivity contribution in [3.63, 3.8) is 0 Å². The molecule has 6 heteroatoms. The van der Waals surface area contributed by atoms with Gasteiger partial charge in [0.25, 0.3) is 5.91 Å². The van der Waals surface area contributed by atoms with Crippen LogP contribution in [0.3, 0.4) is 0 Å². The summed E-state index contributed by atoms with van der Waals surface area (Å²) < 4.78 is 0. The Bertz CT molecular complexity index is 649. The predicted octanol–water partition coefficient (Wildman–Crippen LogP) is 2.86. The Morgan fingerprint density at radius 3 is 2.86 bits per heavy atom. The lowest BCUT2D eigenvalue weighted by Gasteiger charge is -2.32. The SMILES string of the molecule is O=C(c1cc(O)ccc1Cl)N1CCC(Cc2ncc[nH]2)CC1. The fourth-order valence-corrected chi connectivity index (χ4v) is 3.07. The number of nitrogens with zero attached hydrogens (tertiary/aromatic N) is 2. The first-order valence-electron chi connectivity index (χ1n) is 7.39. The maximum Gasteiger partial charge on any atom is 0.255 e. The topological polar surface area (TPSA) is 69.2 Å². The Morgan fingerprint density at radius 1 is 1.41 bits per heavy atom. The second-order valence-corrected chi connectivity index (χ2v) is 6.05. The van der Waals surface area contributed by atoms with Crippen LogP contribution in [0.1, 0.15) is 29.0 Å². The number of carbonyl (C=O) groups is 1. The number of halogens is 1. The summed E-state index contributed by atoms with van der Waals surface area (Å²) in [6.45, 7) is 1.41. The number of H-pyrrole nitrogens is 1. The van der Waals surface area contributed by atoms with Crippen LogP contribution in [-0.2, 0) is 6.42 Å². The highest BCUT2D eigenvalue weighted by Crippen LogP contribution is 2.26. The monoisotopic (exact) mass is 319 g/mol. The molecular weight excluding hydrogens is 302 g/mol. The van der Waals surface area contributed by atoms with Gasteiger partial charge in [-0.1, -0.05) is 11.6 Å². The van der Waals surface area contributed by atoms with Gasteiger partial charge < -0.3 is 15.0 Å². The maximum absolute atomic E-state index is 12.5. The first-order chi connectivity index (χ1) is 10.6. The Labute approximate surface area is 133 Å². The molecule has 0 bridgehead atoms. The number of likely N-dealkylation sites (tertiary alicyclic amines) is 1. The molecule has 116 valence electrons. The zero-order chi connectivity index (χ0) is 15.5. The van der Waals surface area contributed by atoms with Crippen LogP contribution in [0.2, 0.25) is 5.02 Å². The molecule has 1 aliphatic heterocycles. The number of imidazole rings is 1. The van der Waals surface area contributed by atoms with E-state index in [2.05, 4.69) is 9.97 Å². The van der Waals surface area contributed by atoms with Gasteiger partial charge in [-0.3, -0.25) is 4.79 Å². The number of aromatic nitrogens is 2. The molecule has 2 N–H and O–H groups in total. The van der Waals surface area contributed by atoms with Gasteiger partial charge in [0.2, 0.25) is 0 Å². The summed E-state index contributed by atoms with van der Waals surface area (Å²) >= 11 is 6.06. The van der Waals surface area contributed by atoms with E-state index < -0.39 is 0 Å². The van der Waals surface area contributed by atoms with Crippen molar-refractivity contribution in [2.45, 2.75) is 19.3 Å². The standard InChI is InChI=1S/C16H18ClN3O2/c17-14-2-1-12(21)10-13(14)16(22)20-7-3-11(4-8-20)9-15-18-5-6-19-15/h1-2,5-6,10-11,21H,3-4,7-9H2,(H,18,19). The van der Waals surface area contributed by atoms with Crippen molar-refractivity contribution in [1.82, 2.24) is 14.9 Å².